The van der Waals surface area contributed by atoms with Gasteiger partial charge in [-0.05, 0) is 42.0 Å². The summed E-state index contributed by atoms with van der Waals surface area (Å²) in [5, 5.41) is 0.435. The summed E-state index contributed by atoms with van der Waals surface area (Å²) in [5.41, 5.74) is 2.50. The zero-order chi connectivity index (χ0) is 21.8. The smallest absolute Gasteiger partial charge is 0.328 e. The van der Waals surface area contributed by atoms with Crippen molar-refractivity contribution in [1.29, 1.82) is 0 Å². The highest BCUT2D eigenvalue weighted by atomic mass is 16.7. The molecule has 1 aliphatic carbocycles. The molecule has 0 saturated carbocycles. The lowest BCUT2D eigenvalue weighted by molar-refractivity contribution is 0.174. The molecule has 3 aliphatic rings. The van der Waals surface area contributed by atoms with E-state index in [1.807, 2.05) is 6.07 Å². The van der Waals surface area contributed by atoms with E-state index in [4.69, 9.17) is 14.2 Å². The molecular formula is C24H25N3O5. The molecule has 2 atom stereocenters. The van der Waals surface area contributed by atoms with E-state index in [0.29, 0.717) is 47.3 Å². The van der Waals surface area contributed by atoms with E-state index in [1.165, 1.54) is 15.7 Å². The van der Waals surface area contributed by atoms with Gasteiger partial charge in [0.05, 0.1) is 18.0 Å². The van der Waals surface area contributed by atoms with Crippen LogP contribution in [0.1, 0.15) is 23.5 Å². The van der Waals surface area contributed by atoms with E-state index in [0.717, 1.165) is 31.7 Å². The Hall–Kier alpha value is -3.26. The molecular weight excluding hydrogens is 410 g/mol. The SMILES string of the molecule is COc1cccc2c1CCC1CN(CCn3c(=O)[nH]c4cc5c(cc4c3=O)OCO5)CC21. The Morgan fingerprint density at radius 1 is 1.12 bits per heavy atom. The first-order valence-electron chi connectivity index (χ1n) is 11.1. The third kappa shape index (κ3) is 3.01. The minimum Gasteiger partial charge on any atom is -0.496 e. The van der Waals surface area contributed by atoms with Gasteiger partial charge in [0.2, 0.25) is 6.79 Å². The van der Waals surface area contributed by atoms with Gasteiger partial charge in [-0.15, -0.1) is 0 Å². The predicted molar refractivity (Wildman–Crippen MR) is 119 cm³/mol. The van der Waals surface area contributed by atoms with Gasteiger partial charge in [-0.1, -0.05) is 12.1 Å². The number of nitrogens with zero attached hydrogens (tertiary/aromatic N) is 2. The molecule has 0 spiro atoms. The molecule has 6 rings (SSSR count). The molecule has 2 aliphatic heterocycles. The second-order valence-corrected chi connectivity index (χ2v) is 8.83. The third-order valence-electron chi connectivity index (χ3n) is 7.19. The summed E-state index contributed by atoms with van der Waals surface area (Å²) in [7, 11) is 1.73. The Bertz CT molecular complexity index is 1330. The number of H-pyrrole nitrogens is 1. The molecule has 0 radical (unpaired) electrons. The highest BCUT2D eigenvalue weighted by Gasteiger charge is 2.38. The average Bonchev–Trinajstić information content (AvgIpc) is 3.43. The standard InChI is InChI=1S/C24H25N3O5/c1-30-20-4-2-3-15-16(20)6-5-14-11-26(12-18(14)15)7-8-27-23(28)17-9-21-22(32-13-31-21)10-19(17)25-24(27)29/h2-4,9-10,14,18H,5-8,11-13H2,1H3,(H,25,29). The number of hydrogen-bond acceptors (Lipinski definition) is 6. The highest BCUT2D eigenvalue weighted by Crippen LogP contribution is 2.44. The summed E-state index contributed by atoms with van der Waals surface area (Å²) in [6, 6.07) is 9.64. The van der Waals surface area contributed by atoms with Crippen LogP contribution < -0.4 is 25.5 Å². The van der Waals surface area contributed by atoms with Crippen LogP contribution in [0, 0.1) is 5.92 Å². The first-order chi connectivity index (χ1) is 15.6. The van der Waals surface area contributed by atoms with Gasteiger partial charge in [0, 0.05) is 38.2 Å². The number of ether oxygens (including phenoxy) is 3. The highest BCUT2D eigenvalue weighted by molar-refractivity contribution is 5.81. The van der Waals surface area contributed by atoms with E-state index in [-0.39, 0.29) is 12.4 Å². The van der Waals surface area contributed by atoms with Gasteiger partial charge in [-0.25, -0.2) is 4.79 Å². The van der Waals surface area contributed by atoms with Crippen molar-refractivity contribution in [3.05, 3.63) is 62.3 Å². The molecule has 8 nitrogen and oxygen atoms in total. The maximum atomic E-state index is 13.1. The molecule has 8 heteroatoms. The van der Waals surface area contributed by atoms with Crippen LogP contribution in [-0.4, -0.2) is 48.0 Å². The largest absolute Gasteiger partial charge is 0.496 e. The number of fused-ring (bicyclic) bond motifs is 5. The molecule has 1 aromatic heterocycles. The molecule has 3 heterocycles. The molecule has 2 aromatic carbocycles. The van der Waals surface area contributed by atoms with E-state index in [2.05, 4.69) is 22.0 Å². The summed E-state index contributed by atoms with van der Waals surface area (Å²) >= 11 is 0. The minimum atomic E-state index is -0.395. The van der Waals surface area contributed by atoms with E-state index < -0.39 is 5.69 Å². The number of methoxy groups -OCH3 is 1. The van der Waals surface area contributed by atoms with Crippen molar-refractivity contribution in [2.75, 3.05) is 33.5 Å². The third-order valence-corrected chi connectivity index (χ3v) is 7.19. The van der Waals surface area contributed by atoms with Gasteiger partial charge >= 0.3 is 5.69 Å². The van der Waals surface area contributed by atoms with Crippen LogP contribution in [-0.2, 0) is 13.0 Å². The first kappa shape index (κ1) is 19.4. The topological polar surface area (TPSA) is 85.8 Å². The second kappa shape index (κ2) is 7.41. The van der Waals surface area contributed by atoms with Gasteiger partial charge in [0.15, 0.2) is 11.5 Å². The fraction of sp³-hybridized carbons (Fsp3) is 0.417. The van der Waals surface area contributed by atoms with E-state index in [9.17, 15) is 9.59 Å². The monoisotopic (exact) mass is 435 g/mol. The number of aromatic nitrogens is 2. The lowest BCUT2D eigenvalue weighted by Gasteiger charge is -2.28. The lowest BCUT2D eigenvalue weighted by Crippen LogP contribution is -2.38. The zero-order valence-electron chi connectivity index (χ0n) is 17.9. The van der Waals surface area contributed by atoms with Crippen molar-refractivity contribution in [3.63, 3.8) is 0 Å². The molecule has 1 fully saturated rings. The summed E-state index contributed by atoms with van der Waals surface area (Å²) in [4.78, 5) is 30.9. The average molecular weight is 435 g/mol. The Kier molecular flexibility index (Phi) is 4.50. The molecule has 166 valence electrons. The molecule has 3 aromatic rings. The minimum absolute atomic E-state index is 0.121. The first-order valence-corrected chi connectivity index (χ1v) is 11.1. The van der Waals surface area contributed by atoms with Crippen LogP contribution in [0.3, 0.4) is 0 Å². The summed E-state index contributed by atoms with van der Waals surface area (Å²) in [5.74, 6) is 3.13. The fourth-order valence-electron chi connectivity index (χ4n) is 5.59. The number of hydrogen-bond donors (Lipinski definition) is 1. The maximum absolute atomic E-state index is 13.1. The Balaban J connectivity index is 1.23. The Morgan fingerprint density at radius 3 is 2.81 bits per heavy atom. The molecule has 32 heavy (non-hydrogen) atoms. The summed E-state index contributed by atoms with van der Waals surface area (Å²) in [6.07, 6.45) is 2.17. The molecule has 1 saturated heterocycles. The van der Waals surface area contributed by atoms with Gasteiger partial charge in [0.25, 0.3) is 5.56 Å². The molecule has 2 unspecified atom stereocenters. The molecule has 0 amide bonds. The lowest BCUT2D eigenvalue weighted by atomic mass is 9.77. The zero-order valence-corrected chi connectivity index (χ0v) is 17.9. The normalized spacial score (nSPS) is 21.5. The van der Waals surface area contributed by atoms with Gasteiger partial charge in [-0.3, -0.25) is 9.36 Å². The van der Waals surface area contributed by atoms with Gasteiger partial charge in [-0.2, -0.15) is 0 Å². The number of benzene rings is 2. The quantitative estimate of drug-likeness (QED) is 0.676. The van der Waals surface area contributed by atoms with E-state index in [1.54, 1.807) is 19.2 Å². The van der Waals surface area contributed by atoms with Crippen LogP contribution in [0.4, 0.5) is 0 Å². The number of rotatable bonds is 4. The Morgan fingerprint density at radius 2 is 1.97 bits per heavy atom. The van der Waals surface area contributed by atoms with Crippen LogP contribution in [0.5, 0.6) is 17.2 Å². The van der Waals surface area contributed by atoms with Crippen LogP contribution in [0.15, 0.2) is 39.9 Å². The predicted octanol–water partition coefficient (Wildman–Crippen LogP) is 2.09. The fourth-order valence-corrected chi connectivity index (χ4v) is 5.59. The van der Waals surface area contributed by atoms with Crippen molar-refractivity contribution in [2.45, 2.75) is 25.3 Å². The Labute approximate surface area is 184 Å². The van der Waals surface area contributed by atoms with Crippen LogP contribution in [0.25, 0.3) is 10.9 Å². The summed E-state index contributed by atoms with van der Waals surface area (Å²) < 4.78 is 17.6. The van der Waals surface area contributed by atoms with Crippen molar-refractivity contribution in [3.8, 4) is 17.2 Å². The van der Waals surface area contributed by atoms with Crippen LogP contribution in [0.2, 0.25) is 0 Å². The molecule has 1 N–H and O–H groups in total. The van der Waals surface area contributed by atoms with Crippen molar-refractivity contribution in [2.24, 2.45) is 5.92 Å². The van der Waals surface area contributed by atoms with E-state index >= 15 is 0 Å². The molecule has 0 bridgehead atoms. The number of nitrogens with one attached hydrogen (secondary N) is 1. The van der Waals surface area contributed by atoms with Crippen molar-refractivity contribution < 1.29 is 14.2 Å². The second-order valence-electron chi connectivity index (χ2n) is 8.83. The van der Waals surface area contributed by atoms with Crippen LogP contribution >= 0.6 is 0 Å². The number of likely N-dealkylation sites (tertiary alicyclic amines) is 1. The van der Waals surface area contributed by atoms with Crippen molar-refractivity contribution in [1.82, 2.24) is 14.5 Å². The number of aromatic amines is 1. The van der Waals surface area contributed by atoms with Gasteiger partial charge in [0.1, 0.15) is 5.75 Å². The van der Waals surface area contributed by atoms with Gasteiger partial charge < -0.3 is 24.1 Å². The summed E-state index contributed by atoms with van der Waals surface area (Å²) in [6.45, 7) is 3.05. The maximum Gasteiger partial charge on any atom is 0.328 e. The van der Waals surface area contributed by atoms with Crippen molar-refractivity contribution >= 4 is 10.9 Å².